The van der Waals surface area contributed by atoms with Gasteiger partial charge in [-0.1, -0.05) is 6.92 Å². The van der Waals surface area contributed by atoms with Crippen molar-refractivity contribution in [2.45, 2.75) is 26.2 Å². The number of amides is 1. The van der Waals surface area contributed by atoms with Gasteiger partial charge in [0.05, 0.1) is 6.61 Å². The summed E-state index contributed by atoms with van der Waals surface area (Å²) in [5.41, 5.74) is 0. The van der Waals surface area contributed by atoms with Crippen LogP contribution >= 0.6 is 0 Å². The zero-order chi connectivity index (χ0) is 14.4. The third kappa shape index (κ3) is 4.43. The average molecular weight is 283 g/mol. The third-order valence-electron chi connectivity index (χ3n) is 4.78. The largest absolute Gasteiger partial charge is 0.395 e. The molecule has 20 heavy (non-hydrogen) atoms. The van der Waals surface area contributed by atoms with Crippen molar-refractivity contribution in [1.29, 1.82) is 0 Å². The fourth-order valence-electron chi connectivity index (χ4n) is 3.30. The Balaban J connectivity index is 1.71. The average Bonchev–Trinajstić information content (AvgIpc) is 2.49. The molecule has 2 heterocycles. The highest BCUT2D eigenvalue weighted by Gasteiger charge is 2.26. The van der Waals surface area contributed by atoms with Crippen LogP contribution in [0.15, 0.2) is 0 Å². The molecular weight excluding hydrogens is 254 g/mol. The van der Waals surface area contributed by atoms with E-state index in [1.54, 1.807) is 0 Å². The van der Waals surface area contributed by atoms with E-state index in [4.69, 9.17) is 5.11 Å². The van der Waals surface area contributed by atoms with Crippen LogP contribution in [0.25, 0.3) is 0 Å². The topological polar surface area (TPSA) is 55.8 Å². The number of nitrogens with zero attached hydrogens (tertiary/aromatic N) is 2. The van der Waals surface area contributed by atoms with E-state index in [1.165, 1.54) is 12.8 Å². The van der Waals surface area contributed by atoms with Crippen molar-refractivity contribution in [1.82, 2.24) is 15.1 Å². The van der Waals surface area contributed by atoms with Crippen molar-refractivity contribution < 1.29 is 9.90 Å². The summed E-state index contributed by atoms with van der Waals surface area (Å²) in [5, 5.41) is 12.4. The maximum atomic E-state index is 12.4. The molecule has 2 atom stereocenters. The molecule has 2 N–H and O–H groups in total. The lowest BCUT2D eigenvalue weighted by molar-refractivity contribution is -0.134. The normalized spacial score (nSPS) is 26.5. The Morgan fingerprint density at radius 3 is 2.70 bits per heavy atom. The highest BCUT2D eigenvalue weighted by Crippen LogP contribution is 2.23. The molecule has 0 aliphatic carbocycles. The van der Waals surface area contributed by atoms with Crippen LogP contribution in [0, 0.1) is 11.8 Å². The van der Waals surface area contributed by atoms with Gasteiger partial charge in [0.25, 0.3) is 0 Å². The van der Waals surface area contributed by atoms with E-state index in [0.29, 0.717) is 24.2 Å². The summed E-state index contributed by atoms with van der Waals surface area (Å²) in [6, 6.07) is 0. The Morgan fingerprint density at radius 1 is 1.35 bits per heavy atom. The zero-order valence-electron chi connectivity index (χ0n) is 12.7. The molecule has 116 valence electrons. The van der Waals surface area contributed by atoms with Crippen LogP contribution in [0.4, 0.5) is 0 Å². The molecule has 0 aromatic heterocycles. The van der Waals surface area contributed by atoms with Crippen LogP contribution in [-0.2, 0) is 4.79 Å². The maximum absolute atomic E-state index is 12.4. The Labute approximate surface area is 122 Å². The predicted molar refractivity (Wildman–Crippen MR) is 79.5 cm³/mol. The lowest BCUT2D eigenvalue weighted by Gasteiger charge is -2.36. The van der Waals surface area contributed by atoms with E-state index in [2.05, 4.69) is 17.1 Å². The Morgan fingerprint density at radius 2 is 2.10 bits per heavy atom. The second-order valence-corrected chi connectivity index (χ2v) is 6.23. The number of piperidine rings is 1. The van der Waals surface area contributed by atoms with Gasteiger partial charge >= 0.3 is 0 Å². The number of aliphatic hydroxyl groups is 1. The van der Waals surface area contributed by atoms with Crippen LogP contribution in [-0.4, -0.2) is 73.2 Å². The molecule has 5 heteroatoms. The van der Waals surface area contributed by atoms with Crippen molar-refractivity contribution in [3.63, 3.8) is 0 Å². The SMILES string of the molecule is CC(CC(=O)N1CCN(CCO)CC1)C1CCCNC1. The summed E-state index contributed by atoms with van der Waals surface area (Å²) in [7, 11) is 0. The standard InChI is InChI=1S/C15H29N3O2/c1-13(14-3-2-4-16-12-14)11-15(20)18-7-5-17(6-8-18)9-10-19/h13-14,16,19H,2-12H2,1H3. The molecule has 2 fully saturated rings. The van der Waals surface area contributed by atoms with E-state index < -0.39 is 0 Å². The molecule has 2 rings (SSSR count). The molecule has 2 saturated heterocycles. The summed E-state index contributed by atoms with van der Waals surface area (Å²) in [6.45, 7) is 8.77. The first-order valence-electron chi connectivity index (χ1n) is 8.02. The fourth-order valence-corrected chi connectivity index (χ4v) is 3.30. The van der Waals surface area contributed by atoms with E-state index >= 15 is 0 Å². The molecule has 5 nitrogen and oxygen atoms in total. The highest BCUT2D eigenvalue weighted by atomic mass is 16.3. The minimum atomic E-state index is 0.208. The molecule has 2 aliphatic heterocycles. The molecule has 0 aromatic rings. The van der Waals surface area contributed by atoms with Crippen LogP contribution in [0.1, 0.15) is 26.2 Å². The summed E-state index contributed by atoms with van der Waals surface area (Å²) >= 11 is 0. The third-order valence-corrected chi connectivity index (χ3v) is 4.78. The predicted octanol–water partition coefficient (Wildman–Crippen LogP) is 0.149. The molecule has 0 saturated carbocycles. The van der Waals surface area contributed by atoms with Gasteiger partial charge < -0.3 is 15.3 Å². The van der Waals surface area contributed by atoms with E-state index in [9.17, 15) is 4.79 Å². The maximum Gasteiger partial charge on any atom is 0.222 e. The summed E-state index contributed by atoms with van der Waals surface area (Å²) in [4.78, 5) is 16.6. The summed E-state index contributed by atoms with van der Waals surface area (Å²) < 4.78 is 0. The van der Waals surface area contributed by atoms with Gasteiger partial charge in [-0.05, 0) is 37.8 Å². The first-order valence-corrected chi connectivity index (χ1v) is 8.02. The van der Waals surface area contributed by atoms with Crippen molar-refractivity contribution in [3.05, 3.63) is 0 Å². The second kappa shape index (κ2) is 7.96. The van der Waals surface area contributed by atoms with E-state index in [-0.39, 0.29) is 6.61 Å². The van der Waals surface area contributed by atoms with Crippen LogP contribution in [0.3, 0.4) is 0 Å². The molecule has 1 amide bonds. The van der Waals surface area contributed by atoms with Crippen LogP contribution < -0.4 is 5.32 Å². The Hall–Kier alpha value is -0.650. The summed E-state index contributed by atoms with van der Waals surface area (Å²) in [6.07, 6.45) is 3.18. The molecule has 0 aromatic carbocycles. The van der Waals surface area contributed by atoms with Gasteiger partial charge in [-0.2, -0.15) is 0 Å². The molecule has 0 radical (unpaired) electrons. The van der Waals surface area contributed by atoms with Crippen molar-refractivity contribution in [2.24, 2.45) is 11.8 Å². The van der Waals surface area contributed by atoms with E-state index in [0.717, 1.165) is 45.8 Å². The van der Waals surface area contributed by atoms with Gasteiger partial charge in [-0.3, -0.25) is 9.69 Å². The monoisotopic (exact) mass is 283 g/mol. The van der Waals surface area contributed by atoms with Gasteiger partial charge in [0, 0.05) is 39.1 Å². The number of piperazine rings is 1. The van der Waals surface area contributed by atoms with Gasteiger partial charge in [-0.25, -0.2) is 0 Å². The highest BCUT2D eigenvalue weighted by molar-refractivity contribution is 5.76. The summed E-state index contributed by atoms with van der Waals surface area (Å²) in [5.74, 6) is 1.45. The van der Waals surface area contributed by atoms with Gasteiger partial charge in [0.1, 0.15) is 0 Å². The molecule has 0 spiro atoms. The Bertz CT molecular complexity index is 297. The van der Waals surface area contributed by atoms with Crippen LogP contribution in [0.2, 0.25) is 0 Å². The number of aliphatic hydroxyl groups excluding tert-OH is 1. The quantitative estimate of drug-likeness (QED) is 0.754. The second-order valence-electron chi connectivity index (χ2n) is 6.23. The van der Waals surface area contributed by atoms with Crippen LogP contribution in [0.5, 0.6) is 0 Å². The lowest BCUT2D eigenvalue weighted by Crippen LogP contribution is -2.49. The van der Waals surface area contributed by atoms with Gasteiger partial charge in [-0.15, -0.1) is 0 Å². The number of nitrogens with one attached hydrogen (secondary N) is 1. The first kappa shape index (κ1) is 15.7. The van der Waals surface area contributed by atoms with Gasteiger partial charge in [0.15, 0.2) is 0 Å². The smallest absolute Gasteiger partial charge is 0.222 e. The number of hydrogen-bond donors (Lipinski definition) is 2. The number of β-amino-alcohol motifs (C(OH)–C–C–N with tert-alkyl or cyclic N) is 1. The molecule has 0 bridgehead atoms. The van der Waals surface area contributed by atoms with Crippen molar-refractivity contribution in [3.8, 4) is 0 Å². The zero-order valence-corrected chi connectivity index (χ0v) is 12.7. The number of carbonyl (C=O) groups is 1. The number of carbonyl (C=O) groups excluding carboxylic acids is 1. The minimum absolute atomic E-state index is 0.208. The molecule has 2 unspecified atom stereocenters. The van der Waals surface area contributed by atoms with E-state index in [1.807, 2.05) is 4.90 Å². The van der Waals surface area contributed by atoms with Gasteiger partial charge in [0.2, 0.25) is 5.91 Å². The molecular formula is C15H29N3O2. The lowest BCUT2D eigenvalue weighted by atomic mass is 9.85. The molecule has 2 aliphatic rings. The van der Waals surface area contributed by atoms with Crippen molar-refractivity contribution in [2.75, 3.05) is 52.4 Å². The van der Waals surface area contributed by atoms with Crippen molar-refractivity contribution >= 4 is 5.91 Å². The number of rotatable bonds is 5. The number of hydrogen-bond acceptors (Lipinski definition) is 4. The minimum Gasteiger partial charge on any atom is -0.395 e. The Kier molecular flexibility index (Phi) is 6.26. The fraction of sp³-hybridized carbons (Fsp3) is 0.933. The first-order chi connectivity index (χ1) is 9.70.